The first kappa shape index (κ1) is 20.1. The lowest BCUT2D eigenvalue weighted by atomic mass is 9.98. The van der Waals surface area contributed by atoms with Gasteiger partial charge in [0.15, 0.2) is 0 Å². The molecule has 6 nitrogen and oxygen atoms in total. The van der Waals surface area contributed by atoms with Crippen LogP contribution in [0.15, 0.2) is 84.9 Å². The summed E-state index contributed by atoms with van der Waals surface area (Å²) >= 11 is 0. The molecular formula is C23H23N3O3. The Morgan fingerprint density at radius 1 is 0.897 bits per heavy atom. The van der Waals surface area contributed by atoms with Crippen molar-refractivity contribution in [2.24, 2.45) is 0 Å². The van der Waals surface area contributed by atoms with Crippen LogP contribution in [0.1, 0.15) is 23.6 Å². The highest BCUT2D eigenvalue weighted by Crippen LogP contribution is 2.23. The van der Waals surface area contributed by atoms with Gasteiger partial charge in [-0.2, -0.15) is 0 Å². The van der Waals surface area contributed by atoms with E-state index in [9.17, 15) is 14.9 Å². The van der Waals surface area contributed by atoms with Crippen molar-refractivity contribution in [2.45, 2.75) is 18.9 Å². The molecule has 0 saturated heterocycles. The average Bonchev–Trinajstić information content (AvgIpc) is 2.75. The van der Waals surface area contributed by atoms with Gasteiger partial charge < -0.3 is 10.6 Å². The number of para-hydroxylation sites is 2. The summed E-state index contributed by atoms with van der Waals surface area (Å²) in [6, 6.07) is 26.1. The molecule has 29 heavy (non-hydrogen) atoms. The van der Waals surface area contributed by atoms with Gasteiger partial charge in [-0.1, -0.05) is 72.8 Å². The maximum absolute atomic E-state index is 12.5. The van der Waals surface area contributed by atoms with E-state index in [1.54, 1.807) is 18.2 Å². The number of benzene rings is 3. The second-order valence-corrected chi connectivity index (χ2v) is 6.67. The third-order valence-electron chi connectivity index (χ3n) is 4.59. The summed E-state index contributed by atoms with van der Waals surface area (Å²) in [6.07, 6.45) is 0.901. The van der Waals surface area contributed by atoms with Gasteiger partial charge in [0.1, 0.15) is 5.69 Å². The lowest BCUT2D eigenvalue weighted by Crippen LogP contribution is -2.31. The third kappa shape index (κ3) is 5.90. The minimum absolute atomic E-state index is 0.000789. The van der Waals surface area contributed by atoms with Gasteiger partial charge in [0.2, 0.25) is 5.91 Å². The zero-order chi connectivity index (χ0) is 20.5. The number of nitro benzene ring substituents is 1. The molecule has 148 valence electrons. The minimum Gasteiger partial charge on any atom is -0.379 e. The van der Waals surface area contributed by atoms with E-state index in [4.69, 9.17) is 0 Å². The van der Waals surface area contributed by atoms with Gasteiger partial charge in [0, 0.05) is 19.0 Å². The van der Waals surface area contributed by atoms with Crippen LogP contribution in [0.4, 0.5) is 11.4 Å². The minimum atomic E-state index is -0.437. The van der Waals surface area contributed by atoms with Crippen LogP contribution in [0.2, 0.25) is 0 Å². The lowest BCUT2D eigenvalue weighted by Gasteiger charge is -2.20. The Morgan fingerprint density at radius 3 is 2.21 bits per heavy atom. The number of rotatable bonds is 9. The van der Waals surface area contributed by atoms with Crippen LogP contribution in [0, 0.1) is 10.1 Å². The molecule has 0 aliphatic carbocycles. The van der Waals surface area contributed by atoms with Gasteiger partial charge in [-0.05, 0) is 23.6 Å². The number of carbonyl (C=O) groups excluding carboxylic acids is 1. The fraction of sp³-hybridized carbons (Fsp3) is 0.174. The van der Waals surface area contributed by atoms with E-state index in [-0.39, 0.29) is 24.1 Å². The van der Waals surface area contributed by atoms with Gasteiger partial charge in [0.05, 0.1) is 11.0 Å². The summed E-state index contributed by atoms with van der Waals surface area (Å²) in [5.74, 6) is -0.110. The van der Waals surface area contributed by atoms with Crippen molar-refractivity contribution in [1.82, 2.24) is 5.32 Å². The Hall–Kier alpha value is -3.67. The zero-order valence-corrected chi connectivity index (χ0v) is 16.0. The highest BCUT2D eigenvalue weighted by atomic mass is 16.6. The molecule has 0 aromatic heterocycles. The topological polar surface area (TPSA) is 84.3 Å². The first-order valence-corrected chi connectivity index (χ1v) is 9.49. The van der Waals surface area contributed by atoms with Crippen LogP contribution in [0.25, 0.3) is 0 Å². The van der Waals surface area contributed by atoms with Gasteiger partial charge in [-0.15, -0.1) is 0 Å². The van der Waals surface area contributed by atoms with Gasteiger partial charge in [0.25, 0.3) is 5.69 Å². The number of nitrogens with one attached hydrogen (secondary N) is 2. The molecule has 0 unspecified atom stereocenters. The van der Waals surface area contributed by atoms with E-state index in [2.05, 4.69) is 10.6 Å². The van der Waals surface area contributed by atoms with Crippen LogP contribution in [0.5, 0.6) is 0 Å². The Bertz CT molecular complexity index is 946. The first-order valence-electron chi connectivity index (χ1n) is 9.49. The van der Waals surface area contributed by atoms with Crippen molar-refractivity contribution in [3.63, 3.8) is 0 Å². The van der Waals surface area contributed by atoms with Crippen molar-refractivity contribution in [1.29, 1.82) is 0 Å². The Morgan fingerprint density at radius 2 is 1.52 bits per heavy atom. The lowest BCUT2D eigenvalue weighted by molar-refractivity contribution is -0.384. The van der Waals surface area contributed by atoms with E-state index < -0.39 is 4.92 Å². The summed E-state index contributed by atoms with van der Waals surface area (Å²) < 4.78 is 0. The van der Waals surface area contributed by atoms with E-state index in [0.717, 1.165) is 11.1 Å². The van der Waals surface area contributed by atoms with Crippen molar-refractivity contribution < 1.29 is 9.72 Å². The maximum atomic E-state index is 12.5. The summed E-state index contributed by atoms with van der Waals surface area (Å²) in [7, 11) is 0. The standard InChI is InChI=1S/C23H23N3O3/c27-23(15-16-24-20-13-7-8-14-22(20)26(28)29)25-21(19-11-5-2-6-12-19)17-18-9-3-1-4-10-18/h1-14,21,24H,15-17H2,(H,25,27)/t21-/m0/s1. The van der Waals surface area contributed by atoms with E-state index in [0.29, 0.717) is 18.7 Å². The smallest absolute Gasteiger partial charge is 0.292 e. The number of carbonyl (C=O) groups is 1. The highest BCUT2D eigenvalue weighted by molar-refractivity contribution is 5.77. The summed E-state index contributed by atoms with van der Waals surface area (Å²) in [5, 5.41) is 17.2. The van der Waals surface area contributed by atoms with Crippen LogP contribution in [-0.4, -0.2) is 17.4 Å². The SMILES string of the molecule is O=C(CCNc1ccccc1[N+](=O)[O-])N[C@@H](Cc1ccccc1)c1ccccc1. The molecule has 0 bridgehead atoms. The van der Waals surface area contributed by atoms with Crippen molar-refractivity contribution >= 4 is 17.3 Å². The summed E-state index contributed by atoms with van der Waals surface area (Å²) in [5.41, 5.74) is 2.59. The molecule has 3 aromatic rings. The molecule has 0 aliphatic rings. The number of amides is 1. The second kappa shape index (κ2) is 10.0. The molecule has 0 saturated carbocycles. The molecule has 0 spiro atoms. The normalized spacial score (nSPS) is 11.4. The predicted molar refractivity (Wildman–Crippen MR) is 114 cm³/mol. The molecule has 3 rings (SSSR count). The maximum Gasteiger partial charge on any atom is 0.292 e. The predicted octanol–water partition coefficient (Wildman–Crippen LogP) is 4.50. The first-order chi connectivity index (χ1) is 14.1. The monoisotopic (exact) mass is 389 g/mol. The molecule has 0 radical (unpaired) electrons. The number of hydrogen-bond acceptors (Lipinski definition) is 4. The molecule has 0 fully saturated rings. The number of nitro groups is 1. The van der Waals surface area contributed by atoms with E-state index in [1.807, 2.05) is 60.7 Å². The van der Waals surface area contributed by atoms with Crippen LogP contribution in [-0.2, 0) is 11.2 Å². The molecule has 1 amide bonds. The molecule has 2 N–H and O–H groups in total. The number of anilines is 1. The summed E-state index contributed by atoms with van der Waals surface area (Å²) in [6.45, 7) is 0.309. The Balaban J connectivity index is 1.61. The van der Waals surface area contributed by atoms with Gasteiger partial charge in [-0.3, -0.25) is 14.9 Å². The van der Waals surface area contributed by atoms with Crippen LogP contribution < -0.4 is 10.6 Å². The largest absolute Gasteiger partial charge is 0.379 e. The van der Waals surface area contributed by atoms with E-state index in [1.165, 1.54) is 6.07 Å². The van der Waals surface area contributed by atoms with Crippen molar-refractivity contribution in [2.75, 3.05) is 11.9 Å². The molecule has 1 atom stereocenters. The highest BCUT2D eigenvalue weighted by Gasteiger charge is 2.16. The Kier molecular flexibility index (Phi) is 6.95. The van der Waals surface area contributed by atoms with Crippen molar-refractivity contribution in [3.8, 4) is 0 Å². The Labute approximate surface area is 169 Å². The van der Waals surface area contributed by atoms with Crippen molar-refractivity contribution in [3.05, 3.63) is 106 Å². The van der Waals surface area contributed by atoms with Gasteiger partial charge in [-0.25, -0.2) is 0 Å². The molecule has 0 heterocycles. The molecular weight excluding hydrogens is 366 g/mol. The second-order valence-electron chi connectivity index (χ2n) is 6.67. The molecule has 3 aromatic carbocycles. The van der Waals surface area contributed by atoms with Gasteiger partial charge >= 0.3 is 0 Å². The van der Waals surface area contributed by atoms with E-state index >= 15 is 0 Å². The quantitative estimate of drug-likeness (QED) is 0.417. The molecule has 6 heteroatoms. The average molecular weight is 389 g/mol. The zero-order valence-electron chi connectivity index (χ0n) is 16.0. The summed E-state index contributed by atoms with van der Waals surface area (Å²) in [4.78, 5) is 23.2. The third-order valence-corrected chi connectivity index (χ3v) is 4.59. The number of hydrogen-bond donors (Lipinski definition) is 2. The van der Waals surface area contributed by atoms with Crippen LogP contribution in [0.3, 0.4) is 0 Å². The molecule has 0 aliphatic heterocycles. The fourth-order valence-electron chi connectivity index (χ4n) is 3.15. The van der Waals surface area contributed by atoms with Crippen LogP contribution >= 0.6 is 0 Å². The number of nitrogens with zero attached hydrogens (tertiary/aromatic N) is 1. The fourth-order valence-corrected chi connectivity index (χ4v) is 3.15.